The van der Waals surface area contributed by atoms with Gasteiger partial charge in [0.15, 0.2) is 0 Å². The Morgan fingerprint density at radius 3 is 2.77 bits per heavy atom. The van der Waals surface area contributed by atoms with E-state index in [2.05, 4.69) is 39.6 Å². The highest BCUT2D eigenvalue weighted by atomic mass is 16.2. The van der Waals surface area contributed by atoms with Gasteiger partial charge in [-0.25, -0.2) is 4.98 Å². The summed E-state index contributed by atoms with van der Waals surface area (Å²) in [6.45, 7) is 8.58. The second-order valence-corrected chi connectivity index (χ2v) is 7.40. The standard InChI is InChI=1S/C22H24N6O2/c1-12-17(10-24-11-29)26-20(23)13(2)18(12)28-14(3)22(30)27-21-19(28)16(9-25-21)15-7-5-4-6-8-15/h4-8,10-11,14,16,25H,1,9H2,2-3H3,(H2,23,26)(H,24,29)(H,27,30). The molecule has 0 saturated carbocycles. The lowest BCUT2D eigenvalue weighted by atomic mass is 9.94. The molecule has 0 spiro atoms. The SMILES string of the molecule is C=c1c(N2C3=C(NCC3c3ccccc3)NC(=O)C2C)c(C)c(N)nc1=CNC=O. The number of hydrogen-bond acceptors (Lipinski definition) is 6. The zero-order valence-corrected chi connectivity index (χ0v) is 16.9. The maximum Gasteiger partial charge on any atom is 0.248 e. The minimum absolute atomic E-state index is 0.0398. The molecule has 1 aromatic heterocycles. The van der Waals surface area contributed by atoms with Gasteiger partial charge in [0.1, 0.15) is 17.7 Å². The summed E-state index contributed by atoms with van der Waals surface area (Å²) in [5.74, 6) is 0.926. The number of aromatic nitrogens is 1. The van der Waals surface area contributed by atoms with Crippen LogP contribution in [0, 0.1) is 6.92 Å². The van der Waals surface area contributed by atoms with Crippen LogP contribution < -0.4 is 37.2 Å². The van der Waals surface area contributed by atoms with Crippen LogP contribution in [0.15, 0.2) is 41.8 Å². The number of carbonyl (C=O) groups excluding carboxylic acids is 2. The summed E-state index contributed by atoms with van der Waals surface area (Å²) in [4.78, 5) is 29.9. The van der Waals surface area contributed by atoms with Crippen molar-refractivity contribution >= 4 is 36.6 Å². The van der Waals surface area contributed by atoms with E-state index in [9.17, 15) is 9.59 Å². The van der Waals surface area contributed by atoms with Gasteiger partial charge in [-0.15, -0.1) is 0 Å². The van der Waals surface area contributed by atoms with Gasteiger partial charge in [0.2, 0.25) is 12.3 Å². The highest BCUT2D eigenvalue weighted by Crippen LogP contribution is 2.38. The summed E-state index contributed by atoms with van der Waals surface area (Å²) >= 11 is 0. The minimum atomic E-state index is -0.484. The Labute approximate surface area is 174 Å². The number of carbonyl (C=O) groups is 2. The molecule has 8 heteroatoms. The van der Waals surface area contributed by atoms with Crippen molar-refractivity contribution in [2.75, 3.05) is 17.2 Å². The molecule has 0 saturated heterocycles. The number of nitrogens with one attached hydrogen (secondary N) is 3. The van der Waals surface area contributed by atoms with E-state index >= 15 is 0 Å². The number of amides is 2. The van der Waals surface area contributed by atoms with E-state index in [1.807, 2.05) is 36.9 Å². The summed E-state index contributed by atoms with van der Waals surface area (Å²) in [6.07, 6.45) is 2.01. The number of nitrogens with two attached hydrogens (primary N) is 1. The zero-order chi connectivity index (χ0) is 21.4. The topological polar surface area (TPSA) is 112 Å². The van der Waals surface area contributed by atoms with Gasteiger partial charge in [-0.2, -0.15) is 0 Å². The summed E-state index contributed by atoms with van der Waals surface area (Å²) in [5, 5.41) is 9.85. The van der Waals surface area contributed by atoms with E-state index in [1.54, 1.807) is 0 Å². The van der Waals surface area contributed by atoms with Gasteiger partial charge in [0.25, 0.3) is 0 Å². The van der Waals surface area contributed by atoms with Crippen molar-refractivity contribution in [1.82, 2.24) is 20.9 Å². The van der Waals surface area contributed by atoms with E-state index < -0.39 is 6.04 Å². The molecule has 2 unspecified atom stereocenters. The van der Waals surface area contributed by atoms with Crippen molar-refractivity contribution in [2.24, 2.45) is 0 Å². The second-order valence-electron chi connectivity index (χ2n) is 7.40. The molecule has 154 valence electrons. The first-order valence-corrected chi connectivity index (χ1v) is 9.72. The van der Waals surface area contributed by atoms with Crippen molar-refractivity contribution in [3.05, 3.63) is 63.5 Å². The van der Waals surface area contributed by atoms with Gasteiger partial charge in [0, 0.05) is 29.4 Å². The monoisotopic (exact) mass is 404 g/mol. The Morgan fingerprint density at radius 2 is 2.07 bits per heavy atom. The Balaban J connectivity index is 1.96. The first kappa shape index (κ1) is 19.5. The third-order valence-electron chi connectivity index (χ3n) is 5.65. The molecular weight excluding hydrogens is 380 g/mol. The van der Waals surface area contributed by atoms with Crippen LogP contribution in [0.2, 0.25) is 0 Å². The Bertz CT molecular complexity index is 1160. The maximum atomic E-state index is 12.8. The van der Waals surface area contributed by atoms with E-state index in [-0.39, 0.29) is 11.8 Å². The molecule has 1 aromatic carbocycles. The molecule has 3 heterocycles. The van der Waals surface area contributed by atoms with Crippen LogP contribution in [-0.4, -0.2) is 29.9 Å². The van der Waals surface area contributed by atoms with Crippen molar-refractivity contribution < 1.29 is 9.59 Å². The molecular formula is C22H24N6O2. The Kier molecular flexibility index (Phi) is 4.91. The molecule has 2 atom stereocenters. The van der Waals surface area contributed by atoms with Crippen molar-refractivity contribution in [3.63, 3.8) is 0 Å². The largest absolute Gasteiger partial charge is 0.383 e. The summed E-state index contributed by atoms with van der Waals surface area (Å²) in [5.41, 5.74) is 9.75. The molecule has 2 aliphatic heterocycles. The van der Waals surface area contributed by atoms with Crippen molar-refractivity contribution in [3.8, 4) is 0 Å². The maximum absolute atomic E-state index is 12.8. The van der Waals surface area contributed by atoms with Gasteiger partial charge in [-0.05, 0) is 19.4 Å². The molecule has 8 nitrogen and oxygen atoms in total. The third-order valence-corrected chi connectivity index (χ3v) is 5.65. The number of nitrogen functional groups attached to an aromatic ring is 1. The molecule has 30 heavy (non-hydrogen) atoms. The third kappa shape index (κ3) is 3.06. The number of nitrogens with zero attached hydrogens (tertiary/aromatic N) is 2. The molecule has 2 aliphatic rings. The molecule has 5 N–H and O–H groups in total. The summed E-state index contributed by atoms with van der Waals surface area (Å²) < 4.78 is 0. The van der Waals surface area contributed by atoms with E-state index in [1.165, 1.54) is 6.20 Å². The van der Waals surface area contributed by atoms with Gasteiger partial charge >= 0.3 is 0 Å². The first-order valence-electron chi connectivity index (χ1n) is 9.72. The average molecular weight is 404 g/mol. The Hall–Kier alpha value is -3.81. The van der Waals surface area contributed by atoms with E-state index in [0.29, 0.717) is 35.2 Å². The predicted octanol–water partition coefficient (Wildman–Crippen LogP) is -0.253. The zero-order valence-electron chi connectivity index (χ0n) is 16.9. The molecule has 0 radical (unpaired) electrons. The Morgan fingerprint density at radius 1 is 1.33 bits per heavy atom. The van der Waals surface area contributed by atoms with Crippen LogP contribution in [0.3, 0.4) is 0 Å². The van der Waals surface area contributed by atoms with Crippen LogP contribution in [-0.2, 0) is 9.59 Å². The minimum Gasteiger partial charge on any atom is -0.383 e. The smallest absolute Gasteiger partial charge is 0.248 e. The molecule has 4 rings (SSSR count). The fourth-order valence-electron chi connectivity index (χ4n) is 4.10. The lowest BCUT2D eigenvalue weighted by Gasteiger charge is -2.39. The van der Waals surface area contributed by atoms with Crippen LogP contribution in [0.1, 0.15) is 24.0 Å². The van der Waals surface area contributed by atoms with Crippen LogP contribution in [0.4, 0.5) is 11.5 Å². The fourth-order valence-corrected chi connectivity index (χ4v) is 4.10. The predicted molar refractivity (Wildman–Crippen MR) is 116 cm³/mol. The molecule has 0 fully saturated rings. The normalized spacial score (nSPS) is 21.2. The highest BCUT2D eigenvalue weighted by molar-refractivity contribution is 5.91. The quantitative estimate of drug-likeness (QED) is 0.523. The number of anilines is 2. The molecule has 0 bridgehead atoms. The van der Waals surface area contributed by atoms with Crippen molar-refractivity contribution in [1.29, 1.82) is 0 Å². The molecule has 0 aliphatic carbocycles. The fraction of sp³-hybridized carbons (Fsp3) is 0.227. The highest BCUT2D eigenvalue weighted by Gasteiger charge is 2.41. The van der Waals surface area contributed by atoms with Crippen LogP contribution in [0.5, 0.6) is 0 Å². The number of benzene rings is 1. The van der Waals surface area contributed by atoms with Gasteiger partial charge < -0.3 is 26.6 Å². The number of pyridine rings is 1. The van der Waals surface area contributed by atoms with Crippen molar-refractivity contribution in [2.45, 2.75) is 25.8 Å². The van der Waals surface area contributed by atoms with E-state index in [0.717, 1.165) is 22.5 Å². The van der Waals surface area contributed by atoms with Gasteiger partial charge in [0.05, 0.1) is 16.7 Å². The van der Waals surface area contributed by atoms with E-state index in [4.69, 9.17) is 5.73 Å². The number of rotatable bonds is 4. The second kappa shape index (κ2) is 7.55. The number of hydrogen-bond donors (Lipinski definition) is 4. The van der Waals surface area contributed by atoms with Gasteiger partial charge in [-0.3, -0.25) is 9.59 Å². The summed E-state index contributed by atoms with van der Waals surface area (Å²) in [6, 6.07) is 9.66. The summed E-state index contributed by atoms with van der Waals surface area (Å²) in [7, 11) is 0. The lowest BCUT2D eigenvalue weighted by Crippen LogP contribution is -2.53. The average Bonchev–Trinajstić information content (AvgIpc) is 3.16. The molecule has 2 amide bonds. The van der Waals surface area contributed by atoms with Crippen LogP contribution in [0.25, 0.3) is 12.8 Å². The van der Waals surface area contributed by atoms with Crippen LogP contribution >= 0.6 is 0 Å². The molecule has 2 aromatic rings. The lowest BCUT2D eigenvalue weighted by molar-refractivity contribution is -0.121. The van der Waals surface area contributed by atoms with Gasteiger partial charge in [-0.1, -0.05) is 36.9 Å². The first-order chi connectivity index (χ1) is 14.4.